The van der Waals surface area contributed by atoms with Gasteiger partial charge in [-0.1, -0.05) is 51.2 Å². The molecule has 0 bridgehead atoms. The normalized spacial score (nSPS) is 10.8. The van der Waals surface area contributed by atoms with E-state index in [0.29, 0.717) is 6.61 Å². The number of carbonyl (C=O) groups is 2. The molecule has 1 rings (SSSR count). The average molecular weight is 453 g/mol. The van der Waals surface area contributed by atoms with Crippen LogP contribution >= 0.6 is 0 Å². The van der Waals surface area contributed by atoms with E-state index in [1.807, 2.05) is 0 Å². The number of unbranched alkanes of at least 4 members (excludes halogenated alkanes) is 6. The van der Waals surface area contributed by atoms with Crippen molar-refractivity contribution in [3.8, 4) is 0 Å². The third kappa shape index (κ3) is 13.6. The predicted molar refractivity (Wildman–Crippen MR) is 104 cm³/mol. The third-order valence-electron chi connectivity index (χ3n) is 4.12. The Morgan fingerprint density at radius 1 is 0.828 bits per heavy atom. The van der Waals surface area contributed by atoms with Crippen molar-refractivity contribution in [2.24, 2.45) is 0 Å². The van der Waals surface area contributed by atoms with Crippen LogP contribution in [0.3, 0.4) is 0 Å². The van der Waals surface area contributed by atoms with Gasteiger partial charge >= 0.3 is 63.3 Å². The molecular weight excluding hydrogens is 423 g/mol. The molecule has 1 aromatic carbocycles. The monoisotopic (exact) mass is 452 g/mol. The zero-order chi connectivity index (χ0) is 20.8. The Labute approximate surface area is 216 Å². The molecule has 0 fully saturated rings. The van der Waals surface area contributed by atoms with E-state index < -0.39 is 27.8 Å². The van der Waals surface area contributed by atoms with Gasteiger partial charge < -0.3 is 14.0 Å². The fourth-order valence-corrected chi connectivity index (χ4v) is 3.15. The Morgan fingerprint density at radius 2 is 1.28 bits per heavy atom. The van der Waals surface area contributed by atoms with Gasteiger partial charge in [-0.25, -0.2) is 18.0 Å². The molecule has 0 aromatic heterocycles. The Hall–Kier alpha value is -0.294. The van der Waals surface area contributed by atoms with E-state index in [9.17, 15) is 22.6 Å². The molecule has 0 N–H and O–H groups in total. The van der Waals surface area contributed by atoms with Crippen molar-refractivity contribution in [2.45, 2.75) is 58.3 Å². The molecule has 1 aromatic rings. The molecule has 0 saturated heterocycles. The van der Waals surface area contributed by atoms with Crippen LogP contribution in [0.4, 0.5) is 0 Å². The molecule has 0 unspecified atom stereocenters. The molecule has 0 heterocycles. The topological polar surface area (TPSA) is 110 Å². The van der Waals surface area contributed by atoms with Crippen LogP contribution in [0.2, 0.25) is 0 Å². The minimum absolute atomic E-state index is 0. The summed E-state index contributed by atoms with van der Waals surface area (Å²) in [5.41, 5.74) is 0.243. The molecule has 0 atom stereocenters. The zero-order valence-corrected chi connectivity index (χ0v) is 21.3. The quantitative estimate of drug-likeness (QED) is 0.177. The van der Waals surface area contributed by atoms with Gasteiger partial charge in [-0.2, -0.15) is 0 Å². The molecule has 0 saturated carbocycles. The van der Waals surface area contributed by atoms with Crippen molar-refractivity contribution < 1.29 is 83.4 Å². The van der Waals surface area contributed by atoms with Crippen LogP contribution < -0.4 is 51.4 Å². The van der Waals surface area contributed by atoms with Gasteiger partial charge in [-0.3, -0.25) is 0 Å². The van der Waals surface area contributed by atoms with Gasteiger partial charge in [0.15, 0.2) is 0 Å². The standard InChI is InChI=1S/C20H30O7S.K/c1-2-3-4-5-6-9-14-26-19(21)17-12-7-8-13-18(17)20(22)27-15-10-11-16-28(23,24)25;/h7-8,12-13H,2-6,9-11,14-16H2,1H3,(H,23,24,25);/q;+1/p-1. The smallest absolute Gasteiger partial charge is 0.748 e. The minimum Gasteiger partial charge on any atom is -0.748 e. The Bertz CT molecular complexity index is 719. The van der Waals surface area contributed by atoms with E-state index in [2.05, 4.69) is 6.92 Å². The first-order valence-corrected chi connectivity index (χ1v) is 11.3. The summed E-state index contributed by atoms with van der Waals surface area (Å²) < 4.78 is 41.9. The van der Waals surface area contributed by atoms with Crippen LogP contribution in [-0.2, 0) is 19.6 Å². The third-order valence-corrected chi connectivity index (χ3v) is 4.91. The summed E-state index contributed by atoms with van der Waals surface area (Å²) in [6.45, 7) is 2.43. The van der Waals surface area contributed by atoms with E-state index in [0.717, 1.165) is 19.3 Å². The summed E-state index contributed by atoms with van der Waals surface area (Å²) in [5, 5.41) is 0. The van der Waals surface area contributed by atoms with E-state index in [4.69, 9.17) is 9.47 Å². The van der Waals surface area contributed by atoms with Crippen molar-refractivity contribution in [2.75, 3.05) is 19.0 Å². The fourth-order valence-electron chi connectivity index (χ4n) is 2.59. The summed E-state index contributed by atoms with van der Waals surface area (Å²) in [7, 11) is -4.26. The Balaban J connectivity index is 0.00000784. The summed E-state index contributed by atoms with van der Waals surface area (Å²) in [6, 6.07) is 6.23. The molecular formula is C20H29KO7S. The van der Waals surface area contributed by atoms with Gasteiger partial charge in [0.1, 0.15) is 0 Å². The first kappa shape index (κ1) is 28.7. The van der Waals surface area contributed by atoms with Crippen LogP contribution in [0.1, 0.15) is 79.0 Å². The molecule has 9 heteroatoms. The Morgan fingerprint density at radius 3 is 1.76 bits per heavy atom. The van der Waals surface area contributed by atoms with Crippen LogP contribution in [0, 0.1) is 0 Å². The summed E-state index contributed by atoms with van der Waals surface area (Å²) in [6.07, 6.45) is 6.82. The van der Waals surface area contributed by atoms with Gasteiger partial charge in [0.2, 0.25) is 0 Å². The second-order valence-corrected chi connectivity index (χ2v) is 8.08. The summed E-state index contributed by atoms with van der Waals surface area (Å²) >= 11 is 0. The zero-order valence-electron chi connectivity index (χ0n) is 17.4. The number of esters is 2. The van der Waals surface area contributed by atoms with Crippen molar-refractivity contribution in [3.63, 3.8) is 0 Å². The van der Waals surface area contributed by atoms with Crippen LogP contribution in [-0.4, -0.2) is 43.9 Å². The summed E-state index contributed by atoms with van der Waals surface area (Å²) in [4.78, 5) is 24.5. The van der Waals surface area contributed by atoms with Crippen molar-refractivity contribution in [1.82, 2.24) is 0 Å². The molecule has 0 amide bonds. The maximum atomic E-state index is 12.3. The number of carbonyl (C=O) groups excluding carboxylic acids is 2. The van der Waals surface area contributed by atoms with Gasteiger partial charge in [-0.15, -0.1) is 0 Å². The molecule has 158 valence electrons. The van der Waals surface area contributed by atoms with E-state index >= 15 is 0 Å². The molecule has 0 radical (unpaired) electrons. The first-order valence-electron chi connectivity index (χ1n) is 9.72. The maximum absolute atomic E-state index is 12.3. The van der Waals surface area contributed by atoms with E-state index in [-0.39, 0.29) is 82.0 Å². The van der Waals surface area contributed by atoms with Gasteiger partial charge in [0.05, 0.1) is 34.5 Å². The van der Waals surface area contributed by atoms with Crippen LogP contribution in [0.15, 0.2) is 24.3 Å². The molecule has 0 spiro atoms. The number of ether oxygens (including phenoxy) is 2. The first-order chi connectivity index (χ1) is 13.3. The largest absolute Gasteiger partial charge is 1.00 e. The number of hydrogen-bond donors (Lipinski definition) is 0. The molecule has 0 aliphatic heterocycles. The van der Waals surface area contributed by atoms with Crippen molar-refractivity contribution in [1.29, 1.82) is 0 Å². The van der Waals surface area contributed by atoms with Crippen LogP contribution in [0.5, 0.6) is 0 Å². The van der Waals surface area contributed by atoms with Gasteiger partial charge in [-0.05, 0) is 31.4 Å². The Kier molecular flexibility index (Phi) is 16.2. The average Bonchev–Trinajstić information content (AvgIpc) is 2.65. The van der Waals surface area contributed by atoms with Crippen molar-refractivity contribution >= 4 is 22.1 Å². The number of benzene rings is 1. The van der Waals surface area contributed by atoms with Gasteiger partial charge in [0.25, 0.3) is 0 Å². The van der Waals surface area contributed by atoms with E-state index in [1.165, 1.54) is 31.4 Å². The fraction of sp³-hybridized carbons (Fsp3) is 0.600. The maximum Gasteiger partial charge on any atom is 1.00 e. The molecule has 0 aliphatic rings. The molecule has 29 heavy (non-hydrogen) atoms. The summed E-state index contributed by atoms with van der Waals surface area (Å²) in [5.74, 6) is -1.75. The molecule has 0 aliphatic carbocycles. The van der Waals surface area contributed by atoms with Crippen LogP contribution in [0.25, 0.3) is 0 Å². The molecule has 7 nitrogen and oxygen atoms in total. The second kappa shape index (κ2) is 16.4. The van der Waals surface area contributed by atoms with Gasteiger partial charge in [0, 0.05) is 5.75 Å². The number of rotatable bonds is 14. The SMILES string of the molecule is CCCCCCCCOC(=O)c1ccccc1C(=O)OCCCCS(=O)(=O)[O-].[K+]. The second-order valence-electron chi connectivity index (χ2n) is 6.55. The van der Waals surface area contributed by atoms with E-state index in [1.54, 1.807) is 12.1 Å². The predicted octanol–water partition coefficient (Wildman–Crippen LogP) is 0.690. The van der Waals surface area contributed by atoms with Crippen molar-refractivity contribution in [3.05, 3.63) is 35.4 Å². The minimum atomic E-state index is -4.26. The number of hydrogen-bond acceptors (Lipinski definition) is 7.